The Morgan fingerprint density at radius 2 is 2.00 bits per heavy atom. The van der Waals surface area contributed by atoms with Gasteiger partial charge in [-0.05, 0) is 24.0 Å². The van der Waals surface area contributed by atoms with E-state index in [1.165, 1.54) is 11.8 Å². The number of carbonyl (C=O) groups excluding carboxylic acids is 1. The number of nitrogens with zero attached hydrogens (tertiary/aromatic N) is 2. The smallest absolute Gasteiger partial charge is 0.279 e. The molecule has 1 amide bonds. The van der Waals surface area contributed by atoms with E-state index in [1.807, 2.05) is 18.4 Å². The molecule has 1 atom stereocenters. The summed E-state index contributed by atoms with van der Waals surface area (Å²) in [5, 5.41) is 3.99. The lowest BCUT2D eigenvalue weighted by molar-refractivity contribution is -0.116. The number of anilines is 1. The second-order valence-electron chi connectivity index (χ2n) is 5.08. The number of carbonyl (C=O) groups is 1. The van der Waals surface area contributed by atoms with E-state index < -0.39 is 0 Å². The first-order valence-electron chi connectivity index (χ1n) is 6.71. The molecule has 0 radical (unpaired) electrons. The largest absolute Gasteiger partial charge is 0.312 e. The Bertz CT molecular complexity index is 802. The summed E-state index contributed by atoms with van der Waals surface area (Å²) in [6.45, 7) is 0. The standard InChI is InChI=1S/C15H14ClN3O2S/c1-19-13-12(14(21)18-15(19)22-2)10(7-11(20)17-13)8-3-5-9(16)6-4-8/h3-6,10H,7H2,1-2H3,(H,17,20)/t10-/m0/s1. The Balaban J connectivity index is 2.21. The molecule has 1 aromatic heterocycles. The van der Waals surface area contributed by atoms with Crippen molar-refractivity contribution < 1.29 is 4.79 Å². The molecule has 1 N–H and O–H groups in total. The summed E-state index contributed by atoms with van der Waals surface area (Å²) in [6, 6.07) is 7.21. The van der Waals surface area contributed by atoms with Crippen LogP contribution >= 0.6 is 23.4 Å². The van der Waals surface area contributed by atoms with Crippen LogP contribution in [-0.4, -0.2) is 21.7 Å². The third-order valence-corrected chi connectivity index (χ3v) is 4.74. The molecule has 3 rings (SSSR count). The van der Waals surface area contributed by atoms with Gasteiger partial charge in [-0.1, -0.05) is 35.5 Å². The second-order valence-corrected chi connectivity index (χ2v) is 6.29. The predicted molar refractivity (Wildman–Crippen MR) is 87.8 cm³/mol. The van der Waals surface area contributed by atoms with Crippen molar-refractivity contribution in [1.82, 2.24) is 9.55 Å². The first kappa shape index (κ1) is 15.1. The molecule has 1 aromatic carbocycles. The van der Waals surface area contributed by atoms with Crippen LogP contribution in [0, 0.1) is 0 Å². The minimum absolute atomic E-state index is 0.110. The van der Waals surface area contributed by atoms with Crippen molar-refractivity contribution in [2.24, 2.45) is 7.05 Å². The van der Waals surface area contributed by atoms with Gasteiger partial charge in [0, 0.05) is 24.4 Å². The number of hydrogen-bond acceptors (Lipinski definition) is 4. The van der Waals surface area contributed by atoms with Crippen molar-refractivity contribution >= 4 is 35.1 Å². The Morgan fingerprint density at radius 1 is 1.32 bits per heavy atom. The fourth-order valence-corrected chi connectivity index (χ4v) is 3.36. The van der Waals surface area contributed by atoms with Crippen molar-refractivity contribution in [1.29, 1.82) is 0 Å². The van der Waals surface area contributed by atoms with E-state index in [0.29, 0.717) is 21.6 Å². The van der Waals surface area contributed by atoms with Crippen LogP contribution in [0.25, 0.3) is 0 Å². The van der Waals surface area contributed by atoms with Crippen LogP contribution in [0.5, 0.6) is 0 Å². The van der Waals surface area contributed by atoms with Gasteiger partial charge in [-0.3, -0.25) is 9.59 Å². The van der Waals surface area contributed by atoms with Crippen LogP contribution in [0.1, 0.15) is 23.5 Å². The van der Waals surface area contributed by atoms with Crippen LogP contribution in [-0.2, 0) is 11.8 Å². The fourth-order valence-electron chi connectivity index (χ4n) is 2.70. The first-order valence-corrected chi connectivity index (χ1v) is 8.31. The number of rotatable bonds is 2. The molecule has 1 aliphatic rings. The van der Waals surface area contributed by atoms with E-state index in [9.17, 15) is 9.59 Å². The van der Waals surface area contributed by atoms with Gasteiger partial charge in [-0.15, -0.1) is 0 Å². The third-order valence-electron chi connectivity index (χ3n) is 3.76. The zero-order chi connectivity index (χ0) is 15.9. The molecular weight excluding hydrogens is 322 g/mol. The maximum absolute atomic E-state index is 12.4. The van der Waals surface area contributed by atoms with Crippen LogP contribution in [0.15, 0.2) is 34.2 Å². The minimum atomic E-state index is -0.303. The van der Waals surface area contributed by atoms with Crippen LogP contribution in [0.3, 0.4) is 0 Å². The van der Waals surface area contributed by atoms with Crippen molar-refractivity contribution in [3.05, 3.63) is 50.8 Å². The summed E-state index contributed by atoms with van der Waals surface area (Å²) < 4.78 is 1.75. The van der Waals surface area contributed by atoms with Gasteiger partial charge in [0.2, 0.25) is 5.91 Å². The van der Waals surface area contributed by atoms with E-state index in [-0.39, 0.29) is 23.8 Å². The number of hydrogen-bond donors (Lipinski definition) is 1. The topological polar surface area (TPSA) is 64.0 Å². The van der Waals surface area contributed by atoms with E-state index in [0.717, 1.165) is 5.56 Å². The molecule has 114 valence electrons. The number of amides is 1. The molecule has 0 aliphatic carbocycles. The number of nitrogens with one attached hydrogen (secondary N) is 1. The van der Waals surface area contributed by atoms with Crippen LogP contribution < -0.4 is 10.9 Å². The first-order chi connectivity index (χ1) is 10.5. The Labute approximate surface area is 136 Å². The Hall–Kier alpha value is -1.79. The molecule has 0 spiro atoms. The number of aromatic nitrogens is 2. The fraction of sp³-hybridized carbons (Fsp3) is 0.267. The number of halogens is 1. The zero-order valence-electron chi connectivity index (χ0n) is 12.1. The van der Waals surface area contributed by atoms with Crippen molar-refractivity contribution in [3.8, 4) is 0 Å². The van der Waals surface area contributed by atoms with E-state index in [1.54, 1.807) is 23.7 Å². The molecule has 2 aromatic rings. The summed E-state index contributed by atoms with van der Waals surface area (Å²) in [7, 11) is 1.79. The van der Waals surface area contributed by atoms with Crippen molar-refractivity contribution in [2.45, 2.75) is 17.5 Å². The van der Waals surface area contributed by atoms with Crippen molar-refractivity contribution in [3.63, 3.8) is 0 Å². The molecule has 0 saturated carbocycles. The molecule has 22 heavy (non-hydrogen) atoms. The number of benzene rings is 1. The molecule has 0 fully saturated rings. The lowest BCUT2D eigenvalue weighted by Gasteiger charge is -2.27. The molecule has 0 unspecified atom stereocenters. The highest BCUT2D eigenvalue weighted by atomic mass is 35.5. The van der Waals surface area contributed by atoms with Gasteiger partial charge in [0.25, 0.3) is 5.56 Å². The predicted octanol–water partition coefficient (Wildman–Crippen LogP) is 2.63. The highest BCUT2D eigenvalue weighted by molar-refractivity contribution is 7.98. The molecule has 2 heterocycles. The summed E-state index contributed by atoms with van der Waals surface area (Å²) in [4.78, 5) is 28.6. The average Bonchev–Trinajstić information content (AvgIpc) is 2.50. The molecule has 5 nitrogen and oxygen atoms in total. The zero-order valence-corrected chi connectivity index (χ0v) is 13.7. The number of thioether (sulfide) groups is 1. The lowest BCUT2D eigenvalue weighted by atomic mass is 9.87. The molecule has 0 saturated heterocycles. The van der Waals surface area contributed by atoms with Gasteiger partial charge < -0.3 is 9.88 Å². The molecule has 0 bridgehead atoms. The minimum Gasteiger partial charge on any atom is -0.312 e. The van der Waals surface area contributed by atoms with Gasteiger partial charge in [-0.2, -0.15) is 4.98 Å². The third kappa shape index (κ3) is 2.53. The van der Waals surface area contributed by atoms with E-state index in [4.69, 9.17) is 11.6 Å². The lowest BCUT2D eigenvalue weighted by Crippen LogP contribution is -2.33. The maximum atomic E-state index is 12.4. The highest BCUT2D eigenvalue weighted by Gasteiger charge is 2.31. The second kappa shape index (κ2) is 5.78. The van der Waals surface area contributed by atoms with Gasteiger partial charge in [0.15, 0.2) is 5.16 Å². The SMILES string of the molecule is CSc1nc(=O)c2c(n1C)NC(=O)C[C@H]2c1ccc(Cl)cc1. The van der Waals surface area contributed by atoms with Crippen molar-refractivity contribution in [2.75, 3.05) is 11.6 Å². The van der Waals surface area contributed by atoms with Gasteiger partial charge in [-0.25, -0.2) is 0 Å². The monoisotopic (exact) mass is 335 g/mol. The average molecular weight is 336 g/mol. The maximum Gasteiger partial charge on any atom is 0.279 e. The summed E-state index contributed by atoms with van der Waals surface area (Å²) in [5.41, 5.74) is 1.12. The normalized spacial score (nSPS) is 17.0. The Morgan fingerprint density at radius 3 is 2.64 bits per heavy atom. The van der Waals surface area contributed by atoms with E-state index in [2.05, 4.69) is 10.3 Å². The number of fused-ring (bicyclic) bond motifs is 1. The molecular formula is C15H14ClN3O2S. The van der Waals surface area contributed by atoms with E-state index >= 15 is 0 Å². The molecule has 7 heteroatoms. The van der Waals surface area contributed by atoms with Gasteiger partial charge in [0.1, 0.15) is 5.82 Å². The van der Waals surface area contributed by atoms with Gasteiger partial charge >= 0.3 is 0 Å². The van der Waals surface area contributed by atoms with Crippen LogP contribution in [0.2, 0.25) is 5.02 Å². The quantitative estimate of drug-likeness (QED) is 0.677. The summed E-state index contributed by atoms with van der Waals surface area (Å²) in [6.07, 6.45) is 2.07. The highest BCUT2D eigenvalue weighted by Crippen LogP contribution is 2.35. The van der Waals surface area contributed by atoms with Gasteiger partial charge in [0.05, 0.1) is 5.56 Å². The van der Waals surface area contributed by atoms with Crippen LogP contribution in [0.4, 0.5) is 5.82 Å². The molecule has 1 aliphatic heterocycles. The Kier molecular flexibility index (Phi) is 3.97. The summed E-state index contributed by atoms with van der Waals surface area (Å²) in [5.74, 6) is 0.115. The summed E-state index contributed by atoms with van der Waals surface area (Å²) >= 11 is 7.28.